The first-order valence-corrected chi connectivity index (χ1v) is 6.16. The fraction of sp³-hybridized carbons (Fsp3) is 0.692. The van der Waals surface area contributed by atoms with Gasteiger partial charge in [0.25, 0.3) is 0 Å². The monoisotopic (exact) mass is 207 g/mol. The molecule has 1 aromatic rings. The van der Waals surface area contributed by atoms with Crippen LogP contribution in [-0.2, 0) is 6.42 Å². The van der Waals surface area contributed by atoms with Crippen LogP contribution in [0, 0.1) is 5.92 Å². The summed E-state index contributed by atoms with van der Waals surface area (Å²) in [5.74, 6) is 2.00. The summed E-state index contributed by atoms with van der Waals surface area (Å²) in [5, 5.41) is 3.65. The van der Waals surface area contributed by atoms with Gasteiger partial charge in [-0.3, -0.25) is 0 Å². The molecule has 1 heterocycles. The maximum atomic E-state index is 5.42. The Morgan fingerprint density at radius 2 is 2.40 bits per heavy atom. The predicted octanol–water partition coefficient (Wildman–Crippen LogP) is 2.99. The van der Waals surface area contributed by atoms with Crippen molar-refractivity contribution in [2.24, 2.45) is 5.92 Å². The number of hydrogen-bond acceptors (Lipinski definition) is 2. The van der Waals surface area contributed by atoms with E-state index in [9.17, 15) is 0 Å². The molecule has 1 fully saturated rings. The van der Waals surface area contributed by atoms with Crippen LogP contribution < -0.4 is 5.32 Å². The lowest BCUT2D eigenvalue weighted by atomic mass is 9.78. The van der Waals surface area contributed by atoms with E-state index < -0.39 is 0 Å². The molecule has 0 radical (unpaired) electrons. The van der Waals surface area contributed by atoms with E-state index in [0.29, 0.717) is 6.04 Å². The maximum absolute atomic E-state index is 5.42. The van der Waals surface area contributed by atoms with Crippen LogP contribution in [0.1, 0.15) is 38.4 Å². The van der Waals surface area contributed by atoms with Gasteiger partial charge in [-0.2, -0.15) is 0 Å². The van der Waals surface area contributed by atoms with Crippen LogP contribution in [-0.4, -0.2) is 12.6 Å². The zero-order chi connectivity index (χ0) is 10.5. The highest BCUT2D eigenvalue weighted by Gasteiger charge is 2.27. The lowest BCUT2D eigenvalue weighted by Gasteiger charge is -2.34. The molecular weight excluding hydrogens is 186 g/mol. The van der Waals surface area contributed by atoms with Gasteiger partial charge in [-0.15, -0.1) is 0 Å². The van der Waals surface area contributed by atoms with Gasteiger partial charge < -0.3 is 9.73 Å². The van der Waals surface area contributed by atoms with Gasteiger partial charge in [0.05, 0.1) is 6.26 Å². The molecular formula is C13H21NO. The smallest absolute Gasteiger partial charge is 0.105 e. The van der Waals surface area contributed by atoms with Gasteiger partial charge in [-0.05, 0) is 43.9 Å². The number of nitrogens with one attached hydrogen (secondary N) is 1. The fourth-order valence-corrected chi connectivity index (χ4v) is 2.22. The molecule has 0 amide bonds. The van der Waals surface area contributed by atoms with E-state index in [1.807, 2.05) is 6.07 Å². The lowest BCUT2D eigenvalue weighted by Crippen LogP contribution is -2.41. The van der Waals surface area contributed by atoms with Gasteiger partial charge in [-0.1, -0.05) is 13.3 Å². The third-order valence-electron chi connectivity index (χ3n) is 3.38. The average molecular weight is 207 g/mol. The second-order valence-corrected chi connectivity index (χ2v) is 4.54. The summed E-state index contributed by atoms with van der Waals surface area (Å²) >= 11 is 0. The van der Waals surface area contributed by atoms with Crippen LogP contribution in [0.4, 0.5) is 0 Å². The molecule has 1 aliphatic rings. The second-order valence-electron chi connectivity index (χ2n) is 4.54. The van der Waals surface area contributed by atoms with Crippen molar-refractivity contribution in [1.29, 1.82) is 0 Å². The van der Waals surface area contributed by atoms with Crippen molar-refractivity contribution >= 4 is 0 Å². The molecule has 2 heteroatoms. The highest BCUT2D eigenvalue weighted by molar-refractivity contribution is 5.02. The highest BCUT2D eigenvalue weighted by Crippen LogP contribution is 2.31. The molecule has 1 aromatic heterocycles. The van der Waals surface area contributed by atoms with Crippen molar-refractivity contribution in [2.45, 2.75) is 45.1 Å². The van der Waals surface area contributed by atoms with E-state index in [-0.39, 0.29) is 0 Å². The molecule has 1 atom stereocenters. The Bertz CT molecular complexity index is 264. The summed E-state index contributed by atoms with van der Waals surface area (Å²) in [5.41, 5.74) is 0. The summed E-state index contributed by atoms with van der Waals surface area (Å²) in [6.45, 7) is 3.35. The topological polar surface area (TPSA) is 25.2 Å². The van der Waals surface area contributed by atoms with Crippen LogP contribution in [0.5, 0.6) is 0 Å². The van der Waals surface area contributed by atoms with E-state index in [4.69, 9.17) is 4.42 Å². The minimum Gasteiger partial charge on any atom is -0.469 e. The van der Waals surface area contributed by atoms with E-state index in [0.717, 1.165) is 24.6 Å². The largest absolute Gasteiger partial charge is 0.469 e. The van der Waals surface area contributed by atoms with Crippen molar-refractivity contribution in [1.82, 2.24) is 5.32 Å². The van der Waals surface area contributed by atoms with E-state index in [1.165, 1.54) is 25.7 Å². The van der Waals surface area contributed by atoms with Crippen molar-refractivity contribution in [3.8, 4) is 0 Å². The van der Waals surface area contributed by atoms with E-state index >= 15 is 0 Å². The Labute approximate surface area is 92.1 Å². The summed E-state index contributed by atoms with van der Waals surface area (Å²) in [6, 6.07) is 4.69. The highest BCUT2D eigenvalue weighted by atomic mass is 16.3. The molecule has 84 valence electrons. The van der Waals surface area contributed by atoms with E-state index in [2.05, 4.69) is 18.3 Å². The number of rotatable bonds is 6. The van der Waals surface area contributed by atoms with Gasteiger partial charge >= 0.3 is 0 Å². The number of furan rings is 1. The molecule has 1 saturated carbocycles. The van der Waals surface area contributed by atoms with Crippen molar-refractivity contribution in [3.63, 3.8) is 0 Å². The average Bonchev–Trinajstić information content (AvgIpc) is 2.64. The standard InChI is InChI=1S/C13H21NO/c1-2-8-14-13(11-5-3-6-11)10-12-7-4-9-15-12/h4,7,9,11,13-14H,2-3,5-6,8,10H2,1H3. The van der Waals surface area contributed by atoms with Gasteiger partial charge in [-0.25, -0.2) is 0 Å². The molecule has 2 nitrogen and oxygen atoms in total. The molecule has 0 aromatic carbocycles. The Morgan fingerprint density at radius 1 is 1.53 bits per heavy atom. The maximum Gasteiger partial charge on any atom is 0.105 e. The Morgan fingerprint density at radius 3 is 2.93 bits per heavy atom. The molecule has 0 saturated heterocycles. The van der Waals surface area contributed by atoms with Crippen molar-refractivity contribution in [3.05, 3.63) is 24.2 Å². The van der Waals surface area contributed by atoms with Crippen molar-refractivity contribution < 1.29 is 4.42 Å². The minimum absolute atomic E-state index is 0.629. The zero-order valence-corrected chi connectivity index (χ0v) is 9.54. The molecule has 0 spiro atoms. The first kappa shape index (κ1) is 10.7. The molecule has 1 N–H and O–H groups in total. The summed E-state index contributed by atoms with van der Waals surface area (Å²) in [6.07, 6.45) is 8.23. The van der Waals surface area contributed by atoms with Crippen LogP contribution in [0.15, 0.2) is 22.8 Å². The molecule has 0 aliphatic heterocycles. The van der Waals surface area contributed by atoms with Gasteiger partial charge in [0.15, 0.2) is 0 Å². The first-order chi connectivity index (χ1) is 7.40. The van der Waals surface area contributed by atoms with E-state index in [1.54, 1.807) is 6.26 Å². The zero-order valence-electron chi connectivity index (χ0n) is 9.54. The molecule has 1 aliphatic carbocycles. The minimum atomic E-state index is 0.629. The van der Waals surface area contributed by atoms with Gasteiger partial charge in [0.2, 0.25) is 0 Å². The predicted molar refractivity (Wildman–Crippen MR) is 61.8 cm³/mol. The molecule has 1 unspecified atom stereocenters. The SMILES string of the molecule is CCCNC(Cc1ccco1)C1CCC1. The normalized spacial score (nSPS) is 18.7. The third kappa shape index (κ3) is 2.85. The molecule has 2 rings (SSSR count). The Kier molecular flexibility index (Phi) is 3.84. The van der Waals surface area contributed by atoms with Gasteiger partial charge in [0, 0.05) is 12.5 Å². The second kappa shape index (κ2) is 5.36. The van der Waals surface area contributed by atoms with Gasteiger partial charge in [0.1, 0.15) is 5.76 Å². The Hall–Kier alpha value is -0.760. The van der Waals surface area contributed by atoms with Crippen LogP contribution in [0.25, 0.3) is 0 Å². The van der Waals surface area contributed by atoms with Crippen LogP contribution in [0.3, 0.4) is 0 Å². The summed E-state index contributed by atoms with van der Waals surface area (Å²) in [7, 11) is 0. The number of hydrogen-bond donors (Lipinski definition) is 1. The fourth-order valence-electron chi connectivity index (χ4n) is 2.22. The lowest BCUT2D eigenvalue weighted by molar-refractivity contribution is 0.221. The molecule has 15 heavy (non-hydrogen) atoms. The van der Waals surface area contributed by atoms with Crippen LogP contribution in [0.2, 0.25) is 0 Å². The Balaban J connectivity index is 1.86. The third-order valence-corrected chi connectivity index (χ3v) is 3.38. The summed E-state index contributed by atoms with van der Waals surface area (Å²) in [4.78, 5) is 0. The first-order valence-electron chi connectivity index (χ1n) is 6.16. The summed E-state index contributed by atoms with van der Waals surface area (Å²) < 4.78 is 5.42. The van der Waals surface area contributed by atoms with Crippen LogP contribution >= 0.6 is 0 Å². The quantitative estimate of drug-likeness (QED) is 0.775. The molecule has 0 bridgehead atoms. The van der Waals surface area contributed by atoms with Crippen molar-refractivity contribution in [2.75, 3.05) is 6.54 Å².